The van der Waals surface area contributed by atoms with Gasteiger partial charge in [-0.2, -0.15) is 0 Å². The maximum Gasteiger partial charge on any atom is 0.142 e. The Balaban J connectivity index is 2.42. The molecule has 0 radical (unpaired) electrons. The number of nitrogen functional groups attached to an aromatic ring is 1. The molecule has 0 atom stereocenters. The normalized spacial score (nSPS) is 20.1. The second-order valence-corrected chi connectivity index (χ2v) is 4.10. The van der Waals surface area contributed by atoms with Crippen molar-refractivity contribution >= 4 is 5.82 Å². The zero-order valence-corrected chi connectivity index (χ0v) is 8.89. The van der Waals surface area contributed by atoms with Crippen molar-refractivity contribution in [3.63, 3.8) is 0 Å². The van der Waals surface area contributed by atoms with Gasteiger partial charge in [-0.05, 0) is 44.5 Å². The van der Waals surface area contributed by atoms with E-state index >= 15 is 0 Å². The maximum absolute atomic E-state index is 14.7. The summed E-state index contributed by atoms with van der Waals surface area (Å²) in [6.07, 6.45) is 2.58. The molecular formula is C11H16FN3. The van der Waals surface area contributed by atoms with E-state index in [1.165, 1.54) is 0 Å². The van der Waals surface area contributed by atoms with Gasteiger partial charge in [0.1, 0.15) is 11.5 Å². The monoisotopic (exact) mass is 209 g/mol. The van der Waals surface area contributed by atoms with Gasteiger partial charge in [0.05, 0.1) is 0 Å². The number of anilines is 1. The number of nitrogens with two attached hydrogens (primary N) is 1. The van der Waals surface area contributed by atoms with Gasteiger partial charge in [0.25, 0.3) is 0 Å². The highest BCUT2D eigenvalue weighted by atomic mass is 19.1. The predicted octanol–water partition coefficient (Wildman–Crippen LogP) is 1.52. The van der Waals surface area contributed by atoms with Crippen molar-refractivity contribution < 1.29 is 4.39 Å². The van der Waals surface area contributed by atoms with Crippen molar-refractivity contribution in [2.45, 2.75) is 25.4 Å². The number of hydrogen-bond donors (Lipinski definition) is 2. The molecule has 82 valence electrons. The molecule has 0 bridgehead atoms. The lowest BCUT2D eigenvalue weighted by atomic mass is 9.85. The van der Waals surface area contributed by atoms with Crippen LogP contribution in [-0.2, 0) is 5.67 Å². The number of rotatable bonds is 1. The van der Waals surface area contributed by atoms with Crippen LogP contribution in [0.5, 0.6) is 0 Å². The van der Waals surface area contributed by atoms with Crippen molar-refractivity contribution in [1.82, 2.24) is 10.3 Å². The van der Waals surface area contributed by atoms with Gasteiger partial charge in [-0.3, -0.25) is 0 Å². The number of pyridine rings is 1. The molecule has 1 aromatic rings. The molecule has 4 heteroatoms. The van der Waals surface area contributed by atoms with Gasteiger partial charge in [-0.1, -0.05) is 0 Å². The van der Waals surface area contributed by atoms with Crippen molar-refractivity contribution in [3.8, 4) is 0 Å². The number of nitrogens with one attached hydrogen (secondary N) is 1. The lowest BCUT2D eigenvalue weighted by Crippen LogP contribution is -2.37. The molecule has 3 N–H and O–H groups in total. The first kappa shape index (κ1) is 10.4. The molecule has 1 saturated heterocycles. The largest absolute Gasteiger partial charge is 0.383 e. The minimum Gasteiger partial charge on any atom is -0.383 e. The summed E-state index contributed by atoms with van der Waals surface area (Å²) in [7, 11) is 0. The van der Waals surface area contributed by atoms with Crippen molar-refractivity contribution in [1.29, 1.82) is 0 Å². The minimum absolute atomic E-state index is 0.333. The summed E-state index contributed by atoms with van der Waals surface area (Å²) in [5.41, 5.74) is 5.95. The van der Waals surface area contributed by atoms with Crippen LogP contribution in [0.1, 0.15) is 24.0 Å². The fourth-order valence-electron chi connectivity index (χ4n) is 2.24. The van der Waals surface area contributed by atoms with E-state index in [4.69, 9.17) is 5.73 Å². The number of aryl methyl sites for hydroxylation is 1. The Kier molecular flexibility index (Phi) is 2.61. The Morgan fingerprint density at radius 3 is 2.73 bits per heavy atom. The van der Waals surface area contributed by atoms with E-state index < -0.39 is 5.67 Å². The Labute approximate surface area is 88.9 Å². The fraction of sp³-hybridized carbons (Fsp3) is 0.545. The number of piperidine rings is 1. The highest BCUT2D eigenvalue weighted by Crippen LogP contribution is 2.39. The van der Waals surface area contributed by atoms with E-state index in [1.54, 1.807) is 6.20 Å². The maximum atomic E-state index is 14.7. The van der Waals surface area contributed by atoms with Gasteiger partial charge in [0.15, 0.2) is 0 Å². The first-order valence-corrected chi connectivity index (χ1v) is 5.25. The molecule has 0 unspecified atom stereocenters. The highest BCUT2D eigenvalue weighted by Gasteiger charge is 2.36. The first-order chi connectivity index (χ1) is 7.13. The summed E-state index contributed by atoms with van der Waals surface area (Å²) in [4.78, 5) is 3.98. The van der Waals surface area contributed by atoms with E-state index in [9.17, 15) is 4.39 Å². The van der Waals surface area contributed by atoms with Crippen LogP contribution in [-0.4, -0.2) is 18.1 Å². The summed E-state index contributed by atoms with van der Waals surface area (Å²) in [6.45, 7) is 3.28. The number of alkyl halides is 1. The topological polar surface area (TPSA) is 50.9 Å². The van der Waals surface area contributed by atoms with Gasteiger partial charge >= 0.3 is 0 Å². The molecule has 1 fully saturated rings. The third-order valence-electron chi connectivity index (χ3n) is 3.03. The average Bonchev–Trinajstić information content (AvgIpc) is 2.18. The molecule has 15 heavy (non-hydrogen) atoms. The Hall–Kier alpha value is -1.16. The summed E-state index contributed by atoms with van der Waals surface area (Å²) >= 11 is 0. The Morgan fingerprint density at radius 1 is 1.47 bits per heavy atom. The van der Waals surface area contributed by atoms with Crippen molar-refractivity contribution in [3.05, 3.63) is 23.4 Å². The second kappa shape index (κ2) is 3.77. The predicted molar refractivity (Wildman–Crippen MR) is 58.3 cm³/mol. The van der Waals surface area contributed by atoms with E-state index in [1.807, 2.05) is 13.0 Å². The molecule has 2 rings (SSSR count). The Morgan fingerprint density at radius 2 is 2.13 bits per heavy atom. The van der Waals surface area contributed by atoms with Crippen molar-refractivity contribution in [2.75, 3.05) is 18.8 Å². The first-order valence-electron chi connectivity index (χ1n) is 5.25. The van der Waals surface area contributed by atoms with E-state index in [2.05, 4.69) is 10.3 Å². The van der Waals surface area contributed by atoms with Crippen LogP contribution in [0.2, 0.25) is 0 Å². The van der Waals surface area contributed by atoms with Crippen LogP contribution in [0.4, 0.5) is 10.2 Å². The molecule has 1 aromatic heterocycles. The third kappa shape index (κ3) is 1.81. The molecular weight excluding hydrogens is 193 g/mol. The highest BCUT2D eigenvalue weighted by molar-refractivity contribution is 5.48. The lowest BCUT2D eigenvalue weighted by Gasteiger charge is -2.32. The standard InChI is InChI=1S/C11H16FN3/c1-8-2-5-15-10(13)9(8)11(12)3-6-14-7-4-11/h2,5,14H,3-4,6-7H2,1H3,(H2,13,15). The average molecular weight is 209 g/mol. The van der Waals surface area contributed by atoms with Crippen LogP contribution in [0.3, 0.4) is 0 Å². The molecule has 2 heterocycles. The molecule has 0 spiro atoms. The minimum atomic E-state index is -1.30. The van der Waals surface area contributed by atoms with E-state index in [0.29, 0.717) is 37.3 Å². The number of hydrogen-bond acceptors (Lipinski definition) is 3. The molecule has 0 amide bonds. The molecule has 0 saturated carbocycles. The number of nitrogens with zero attached hydrogens (tertiary/aromatic N) is 1. The zero-order chi connectivity index (χ0) is 10.9. The summed E-state index contributed by atoms with van der Waals surface area (Å²) in [5, 5.41) is 3.15. The smallest absolute Gasteiger partial charge is 0.142 e. The number of aromatic nitrogens is 1. The summed E-state index contributed by atoms with van der Waals surface area (Å²) in [6, 6.07) is 1.81. The van der Waals surface area contributed by atoms with Gasteiger partial charge in [0, 0.05) is 11.8 Å². The van der Waals surface area contributed by atoms with Crippen LogP contribution < -0.4 is 11.1 Å². The molecule has 3 nitrogen and oxygen atoms in total. The molecule has 0 aliphatic carbocycles. The second-order valence-electron chi connectivity index (χ2n) is 4.10. The van der Waals surface area contributed by atoms with Crippen LogP contribution in [0.25, 0.3) is 0 Å². The molecule has 1 aliphatic rings. The van der Waals surface area contributed by atoms with Gasteiger partial charge in [0.2, 0.25) is 0 Å². The van der Waals surface area contributed by atoms with Crippen LogP contribution >= 0.6 is 0 Å². The number of halogens is 1. The fourth-order valence-corrected chi connectivity index (χ4v) is 2.24. The quantitative estimate of drug-likeness (QED) is 0.737. The molecule has 1 aliphatic heterocycles. The summed E-state index contributed by atoms with van der Waals surface area (Å²) in [5.74, 6) is 0.333. The van der Waals surface area contributed by atoms with Crippen LogP contribution in [0.15, 0.2) is 12.3 Å². The third-order valence-corrected chi connectivity index (χ3v) is 3.03. The molecule has 0 aromatic carbocycles. The van der Waals surface area contributed by atoms with Gasteiger partial charge < -0.3 is 11.1 Å². The lowest BCUT2D eigenvalue weighted by molar-refractivity contribution is 0.115. The van der Waals surface area contributed by atoms with E-state index in [-0.39, 0.29) is 0 Å². The van der Waals surface area contributed by atoms with Crippen molar-refractivity contribution in [2.24, 2.45) is 0 Å². The SMILES string of the molecule is Cc1ccnc(N)c1C1(F)CCNCC1. The van der Waals surface area contributed by atoms with Crippen LogP contribution in [0, 0.1) is 6.92 Å². The van der Waals surface area contributed by atoms with Gasteiger partial charge in [-0.25, -0.2) is 9.37 Å². The van der Waals surface area contributed by atoms with Gasteiger partial charge in [-0.15, -0.1) is 0 Å². The van der Waals surface area contributed by atoms with E-state index in [0.717, 1.165) is 5.56 Å². The summed E-state index contributed by atoms with van der Waals surface area (Å²) < 4.78 is 14.7. The zero-order valence-electron chi connectivity index (χ0n) is 8.89. The Bertz CT molecular complexity index is 339.